The first-order valence-corrected chi connectivity index (χ1v) is 7.70. The van der Waals surface area contributed by atoms with Gasteiger partial charge in [0.05, 0.1) is 5.56 Å². The minimum absolute atomic E-state index is 0.0414. The molecule has 1 N–H and O–H groups in total. The number of halogens is 7. The van der Waals surface area contributed by atoms with E-state index in [4.69, 9.17) is 27.9 Å². The summed E-state index contributed by atoms with van der Waals surface area (Å²) in [7, 11) is 0. The Morgan fingerprint density at radius 2 is 1.41 bits per heavy atom. The molecule has 27 heavy (non-hydrogen) atoms. The fourth-order valence-electron chi connectivity index (χ4n) is 1.78. The molecule has 0 saturated carbocycles. The highest BCUT2D eigenvalue weighted by Crippen LogP contribution is 2.36. The van der Waals surface area contributed by atoms with E-state index in [1.807, 2.05) is 0 Å². The maximum atomic E-state index is 12.9. The summed E-state index contributed by atoms with van der Waals surface area (Å²) in [5, 5.41) is 1.86. The third-order valence-electron chi connectivity index (χ3n) is 3.07. The zero-order valence-corrected chi connectivity index (χ0v) is 14.4. The minimum atomic E-state index is -6.03. The summed E-state index contributed by atoms with van der Waals surface area (Å²) in [5.74, 6) is -8.93. The van der Waals surface area contributed by atoms with Crippen LogP contribution in [0.3, 0.4) is 0 Å². The molecule has 11 heteroatoms. The van der Waals surface area contributed by atoms with Gasteiger partial charge in [0.2, 0.25) is 0 Å². The van der Waals surface area contributed by atoms with Crippen LogP contribution >= 0.6 is 23.2 Å². The van der Waals surface area contributed by atoms with Gasteiger partial charge in [0.25, 0.3) is 0 Å². The van der Waals surface area contributed by atoms with E-state index in [2.05, 4.69) is 0 Å². The number of hydrogen-bond donors (Lipinski definition) is 1. The molecular weight excluding hydrogens is 420 g/mol. The van der Waals surface area contributed by atoms with Gasteiger partial charge in [-0.1, -0.05) is 23.2 Å². The van der Waals surface area contributed by atoms with E-state index in [0.29, 0.717) is 0 Å². The van der Waals surface area contributed by atoms with E-state index in [1.165, 1.54) is 23.5 Å². The SMILES string of the molecule is O=C(Oc1cc(Cl)cc(Cl)c1)c1ccc(NC(=O)C(F)(F)C(F)(F)F)cc1. The Balaban J connectivity index is 2.08. The van der Waals surface area contributed by atoms with E-state index in [0.717, 1.165) is 24.3 Å². The molecule has 0 atom stereocenters. The Morgan fingerprint density at radius 3 is 1.89 bits per heavy atom. The van der Waals surface area contributed by atoms with Crippen molar-refractivity contribution >= 4 is 40.8 Å². The highest BCUT2D eigenvalue weighted by Gasteiger charge is 2.63. The fraction of sp³-hybridized carbons (Fsp3) is 0.125. The van der Waals surface area contributed by atoms with E-state index >= 15 is 0 Å². The van der Waals surface area contributed by atoms with Gasteiger partial charge in [-0.15, -0.1) is 0 Å². The largest absolute Gasteiger partial charge is 0.463 e. The van der Waals surface area contributed by atoms with Crippen LogP contribution in [0.2, 0.25) is 10.0 Å². The van der Waals surface area contributed by atoms with Gasteiger partial charge in [0.15, 0.2) is 0 Å². The molecule has 2 aromatic carbocycles. The summed E-state index contributed by atoms with van der Waals surface area (Å²) in [6, 6.07) is 8.11. The quantitative estimate of drug-likeness (QED) is 0.406. The summed E-state index contributed by atoms with van der Waals surface area (Å²) in [4.78, 5) is 23.1. The number of carbonyl (C=O) groups excluding carboxylic acids is 2. The summed E-state index contributed by atoms with van der Waals surface area (Å²) in [6.45, 7) is 0. The second kappa shape index (κ2) is 7.69. The molecule has 0 aliphatic heterocycles. The van der Waals surface area contributed by atoms with Gasteiger partial charge in [0.1, 0.15) is 5.75 Å². The van der Waals surface area contributed by atoms with Crippen LogP contribution in [0.1, 0.15) is 10.4 Å². The molecule has 0 radical (unpaired) electrons. The number of ether oxygens (including phenoxy) is 1. The number of esters is 1. The van der Waals surface area contributed by atoms with Crippen LogP contribution in [-0.2, 0) is 4.79 Å². The van der Waals surface area contributed by atoms with Crippen molar-refractivity contribution in [2.75, 3.05) is 5.32 Å². The maximum Gasteiger partial charge on any atom is 0.463 e. The number of carbonyl (C=O) groups is 2. The lowest BCUT2D eigenvalue weighted by molar-refractivity contribution is -0.267. The number of anilines is 1. The Kier molecular flexibility index (Phi) is 5.96. The van der Waals surface area contributed by atoms with Crippen molar-refractivity contribution in [2.45, 2.75) is 12.1 Å². The first kappa shape index (κ1) is 20.9. The minimum Gasteiger partial charge on any atom is -0.423 e. The Bertz CT molecular complexity index is 849. The molecule has 0 aromatic heterocycles. The topological polar surface area (TPSA) is 55.4 Å². The molecule has 1 amide bonds. The van der Waals surface area contributed by atoms with Crippen LogP contribution in [0.15, 0.2) is 42.5 Å². The molecule has 0 bridgehead atoms. The molecule has 0 saturated heterocycles. The molecule has 0 aliphatic rings. The lowest BCUT2D eigenvalue weighted by atomic mass is 10.2. The predicted molar refractivity (Wildman–Crippen MR) is 87.5 cm³/mol. The molecule has 2 rings (SSSR count). The lowest BCUT2D eigenvalue weighted by Gasteiger charge is -2.18. The first-order valence-electron chi connectivity index (χ1n) is 6.94. The number of alkyl halides is 5. The zero-order chi connectivity index (χ0) is 20.4. The molecular formula is C16H8Cl2F5NO3. The van der Waals surface area contributed by atoms with E-state index in [1.54, 1.807) is 0 Å². The standard InChI is InChI=1S/C16H8Cl2F5NO3/c17-9-5-10(18)7-12(6-9)27-13(25)8-1-3-11(4-2-8)24-14(26)15(19,20)16(21,22)23/h1-7H,(H,24,26). The third-order valence-corrected chi connectivity index (χ3v) is 3.50. The van der Waals surface area contributed by atoms with Crippen LogP contribution in [0.25, 0.3) is 0 Å². The highest BCUT2D eigenvalue weighted by atomic mass is 35.5. The summed E-state index contributed by atoms with van der Waals surface area (Å²) < 4.78 is 67.2. The van der Waals surface area contributed by atoms with E-state index in [9.17, 15) is 31.5 Å². The summed E-state index contributed by atoms with van der Waals surface area (Å²) in [5.41, 5.74) is -0.432. The summed E-state index contributed by atoms with van der Waals surface area (Å²) >= 11 is 11.5. The van der Waals surface area contributed by atoms with Crippen molar-refractivity contribution in [2.24, 2.45) is 0 Å². The molecule has 0 fully saturated rings. The predicted octanol–water partition coefficient (Wildman–Crippen LogP) is 5.35. The molecule has 0 spiro atoms. The lowest BCUT2D eigenvalue weighted by Crippen LogP contribution is -2.47. The molecule has 4 nitrogen and oxygen atoms in total. The Labute approximate surface area is 158 Å². The average molecular weight is 428 g/mol. The number of amides is 1. The van der Waals surface area contributed by atoms with Crippen LogP contribution in [-0.4, -0.2) is 24.0 Å². The van der Waals surface area contributed by atoms with Gasteiger partial charge in [0, 0.05) is 15.7 Å². The van der Waals surface area contributed by atoms with E-state index < -0.39 is 24.0 Å². The van der Waals surface area contributed by atoms with Gasteiger partial charge >= 0.3 is 24.0 Å². The van der Waals surface area contributed by atoms with Crippen molar-refractivity contribution in [3.8, 4) is 5.75 Å². The molecule has 0 unspecified atom stereocenters. The fourth-order valence-corrected chi connectivity index (χ4v) is 2.29. The second-order valence-corrected chi connectivity index (χ2v) is 5.97. The smallest absolute Gasteiger partial charge is 0.423 e. The van der Waals surface area contributed by atoms with Crippen molar-refractivity contribution < 1.29 is 36.3 Å². The van der Waals surface area contributed by atoms with Gasteiger partial charge in [-0.25, -0.2) is 4.79 Å². The Hall–Kier alpha value is -2.39. The number of hydrogen-bond acceptors (Lipinski definition) is 3. The Morgan fingerprint density at radius 1 is 0.889 bits per heavy atom. The van der Waals surface area contributed by atoms with Crippen molar-refractivity contribution in [3.05, 3.63) is 58.1 Å². The van der Waals surface area contributed by atoms with Crippen LogP contribution in [0.4, 0.5) is 27.6 Å². The summed E-state index contributed by atoms with van der Waals surface area (Å²) in [6.07, 6.45) is -6.03. The third kappa shape index (κ3) is 5.08. The van der Waals surface area contributed by atoms with Crippen LogP contribution in [0.5, 0.6) is 5.75 Å². The molecule has 144 valence electrons. The second-order valence-electron chi connectivity index (χ2n) is 5.10. The maximum absolute atomic E-state index is 12.9. The van der Waals surface area contributed by atoms with Gasteiger partial charge in [-0.3, -0.25) is 4.79 Å². The highest BCUT2D eigenvalue weighted by molar-refractivity contribution is 6.34. The molecule has 2 aromatic rings. The van der Waals surface area contributed by atoms with Crippen molar-refractivity contribution in [1.29, 1.82) is 0 Å². The average Bonchev–Trinajstić information content (AvgIpc) is 2.53. The molecule has 0 heterocycles. The van der Waals surface area contributed by atoms with Crippen LogP contribution in [0, 0.1) is 0 Å². The monoisotopic (exact) mass is 427 g/mol. The van der Waals surface area contributed by atoms with Gasteiger partial charge < -0.3 is 10.1 Å². The normalized spacial score (nSPS) is 11.8. The van der Waals surface area contributed by atoms with Gasteiger partial charge in [-0.2, -0.15) is 22.0 Å². The van der Waals surface area contributed by atoms with Crippen LogP contribution < -0.4 is 10.1 Å². The number of nitrogens with one attached hydrogen (secondary N) is 1. The van der Waals surface area contributed by atoms with Crippen molar-refractivity contribution in [3.63, 3.8) is 0 Å². The first-order chi connectivity index (χ1) is 12.4. The van der Waals surface area contributed by atoms with E-state index in [-0.39, 0.29) is 27.0 Å². The molecule has 0 aliphatic carbocycles. The number of benzene rings is 2. The van der Waals surface area contributed by atoms with Crippen molar-refractivity contribution in [1.82, 2.24) is 0 Å². The van der Waals surface area contributed by atoms with Gasteiger partial charge in [-0.05, 0) is 42.5 Å². The number of rotatable bonds is 4. The zero-order valence-electron chi connectivity index (χ0n) is 12.9.